The van der Waals surface area contributed by atoms with E-state index in [-0.39, 0.29) is 5.41 Å². The number of alkyl halides is 1. The number of anilines is 1. The number of hydrogen-bond donors (Lipinski definition) is 0. The Morgan fingerprint density at radius 1 is 0.976 bits per heavy atom. The molecule has 41 heavy (non-hydrogen) atoms. The largest absolute Gasteiger partial charge is 0.374 e. The standard InChI is InChI=1S/C29H42ClN3S2.2C2H6.CH3Br/c1-8-34-35-21-20-33(6,7)19-11-18-31(4)26-13-10-9-12-23(26)14-17-28-29(2,3)25-22-24(30)15-16-27(25)32(28)5;3*1-2/h9-10,12-17,22H,8,11,18-21H2,1-7H3;2*1-2H3;1H3/q+2;;;. The number of halogens is 2. The van der Waals surface area contributed by atoms with Crippen molar-refractivity contribution in [2.24, 2.45) is 0 Å². The van der Waals surface area contributed by atoms with Crippen molar-refractivity contribution in [3.05, 3.63) is 64.7 Å². The first-order chi connectivity index (χ1) is 19.6. The van der Waals surface area contributed by atoms with Gasteiger partial charge in [0.05, 0.1) is 38.4 Å². The van der Waals surface area contributed by atoms with E-state index >= 15 is 0 Å². The number of benzene rings is 2. The molecule has 0 N–H and O–H groups in total. The average molecular weight is 687 g/mol. The van der Waals surface area contributed by atoms with Gasteiger partial charge in [-0.1, -0.05) is 102 Å². The van der Waals surface area contributed by atoms with Crippen LogP contribution in [0.4, 0.5) is 11.4 Å². The highest BCUT2D eigenvalue weighted by Crippen LogP contribution is 2.40. The van der Waals surface area contributed by atoms with Crippen molar-refractivity contribution in [2.75, 3.05) is 70.1 Å². The van der Waals surface area contributed by atoms with Gasteiger partial charge in [0.25, 0.3) is 0 Å². The number of quaternary nitrogens is 1. The van der Waals surface area contributed by atoms with Crippen LogP contribution in [0.2, 0.25) is 5.02 Å². The average Bonchev–Trinajstić information content (AvgIpc) is 3.16. The van der Waals surface area contributed by atoms with Crippen LogP contribution in [-0.2, 0) is 5.41 Å². The fourth-order valence-electron chi connectivity index (χ4n) is 4.85. The Bertz CT molecular complexity index is 1080. The summed E-state index contributed by atoms with van der Waals surface area (Å²) in [6.07, 6.45) is 5.73. The van der Waals surface area contributed by atoms with E-state index in [0.29, 0.717) is 0 Å². The fraction of sp³-hybridized carbons (Fsp3) is 0.559. The van der Waals surface area contributed by atoms with Crippen molar-refractivity contribution in [1.29, 1.82) is 0 Å². The maximum absolute atomic E-state index is 6.33. The highest BCUT2D eigenvalue weighted by Gasteiger charge is 2.42. The van der Waals surface area contributed by atoms with Gasteiger partial charge < -0.3 is 9.38 Å². The number of hydrogen-bond acceptors (Lipinski definition) is 3. The van der Waals surface area contributed by atoms with Crippen LogP contribution in [0.3, 0.4) is 0 Å². The SMILES string of the molecule is CBr.CC.CC.CCSSCC[N+](C)(C)CCCN(C)c1ccccc1/C=C/C1=[N+](C)c2ccc(Cl)cc2C1(C)C. The van der Waals surface area contributed by atoms with Gasteiger partial charge in [0, 0.05) is 54.2 Å². The van der Waals surface area contributed by atoms with Gasteiger partial charge in [-0.3, -0.25) is 0 Å². The molecule has 0 fully saturated rings. The molecule has 1 heterocycles. The Hall–Kier alpha value is -0.920. The van der Waals surface area contributed by atoms with Gasteiger partial charge in [-0.2, -0.15) is 4.58 Å². The molecule has 7 heteroatoms. The predicted molar refractivity (Wildman–Crippen MR) is 199 cm³/mol. The number of fused-ring (bicyclic) bond motifs is 1. The van der Waals surface area contributed by atoms with Crippen LogP contribution in [-0.4, -0.2) is 79.9 Å². The van der Waals surface area contributed by atoms with Crippen molar-refractivity contribution < 1.29 is 9.06 Å². The Morgan fingerprint density at radius 2 is 1.61 bits per heavy atom. The molecule has 0 aliphatic carbocycles. The summed E-state index contributed by atoms with van der Waals surface area (Å²) in [4.78, 5) is 2.41. The van der Waals surface area contributed by atoms with Crippen LogP contribution in [0.25, 0.3) is 6.08 Å². The van der Waals surface area contributed by atoms with Crippen molar-refractivity contribution in [3.8, 4) is 0 Å². The molecule has 232 valence electrons. The third-order valence-electron chi connectivity index (χ3n) is 7.00. The van der Waals surface area contributed by atoms with Gasteiger partial charge >= 0.3 is 0 Å². The van der Waals surface area contributed by atoms with E-state index in [2.05, 4.69) is 123 Å². The zero-order chi connectivity index (χ0) is 31.6. The van der Waals surface area contributed by atoms with Crippen molar-refractivity contribution >= 4 is 72.3 Å². The monoisotopic (exact) mass is 685 g/mol. The summed E-state index contributed by atoms with van der Waals surface area (Å²) in [6, 6.07) is 14.9. The number of allylic oxidation sites excluding steroid dienone is 1. The molecule has 1 aliphatic heterocycles. The molecule has 3 nitrogen and oxygen atoms in total. The Labute approximate surface area is 274 Å². The first-order valence-electron chi connectivity index (χ1n) is 14.9. The van der Waals surface area contributed by atoms with Crippen LogP contribution < -0.4 is 4.90 Å². The van der Waals surface area contributed by atoms with Crippen molar-refractivity contribution in [3.63, 3.8) is 0 Å². The fourth-order valence-corrected chi connectivity index (χ4v) is 6.95. The molecule has 0 radical (unpaired) electrons. The normalized spacial score (nSPS) is 13.4. The van der Waals surface area contributed by atoms with Crippen molar-refractivity contribution in [1.82, 2.24) is 0 Å². The van der Waals surface area contributed by atoms with Crippen LogP contribution in [0.15, 0.2) is 48.5 Å². The van der Waals surface area contributed by atoms with E-state index < -0.39 is 0 Å². The summed E-state index contributed by atoms with van der Waals surface area (Å²) in [5.41, 5.74) is 6.24. The molecule has 0 amide bonds. The molecular weight excluding hydrogens is 630 g/mol. The third kappa shape index (κ3) is 12.3. The van der Waals surface area contributed by atoms with Crippen LogP contribution in [0.5, 0.6) is 0 Å². The molecule has 0 spiro atoms. The minimum absolute atomic E-state index is 0.0935. The van der Waals surface area contributed by atoms with Crippen molar-refractivity contribution in [2.45, 2.75) is 60.3 Å². The molecule has 1 aliphatic rings. The molecule has 2 aromatic carbocycles. The van der Waals surface area contributed by atoms with Gasteiger partial charge in [-0.25, -0.2) is 0 Å². The molecule has 0 bridgehead atoms. The summed E-state index contributed by atoms with van der Waals surface area (Å²) in [7, 11) is 13.1. The quantitative estimate of drug-likeness (QED) is 0.0721. The van der Waals surface area contributed by atoms with Gasteiger partial charge in [-0.05, 0) is 49.5 Å². The van der Waals surface area contributed by atoms with Crippen LogP contribution in [0.1, 0.15) is 66.0 Å². The second kappa shape index (κ2) is 20.9. The summed E-state index contributed by atoms with van der Waals surface area (Å²) < 4.78 is 3.38. The zero-order valence-electron chi connectivity index (χ0n) is 27.9. The van der Waals surface area contributed by atoms with Gasteiger partial charge in [0.2, 0.25) is 5.69 Å². The summed E-state index contributed by atoms with van der Waals surface area (Å²) in [6.45, 7) is 18.2. The second-order valence-corrected chi connectivity index (χ2v) is 13.8. The van der Waals surface area contributed by atoms with Gasteiger partial charge in [0.15, 0.2) is 5.71 Å². The van der Waals surface area contributed by atoms with E-state index in [9.17, 15) is 0 Å². The Balaban J connectivity index is 0.00000250. The number of nitrogens with zero attached hydrogens (tertiary/aromatic N) is 3. The second-order valence-electron chi connectivity index (χ2n) is 10.5. The van der Waals surface area contributed by atoms with Crippen LogP contribution in [0, 0.1) is 0 Å². The molecule has 2 aromatic rings. The molecular formula is C34H57BrClN3S2+2. The summed E-state index contributed by atoms with van der Waals surface area (Å²) in [5, 5.41) is 0.794. The highest BCUT2D eigenvalue weighted by atomic mass is 79.9. The maximum atomic E-state index is 6.33. The maximum Gasteiger partial charge on any atom is 0.209 e. The number of rotatable bonds is 12. The zero-order valence-corrected chi connectivity index (χ0v) is 31.8. The summed E-state index contributed by atoms with van der Waals surface area (Å²) in [5.74, 6) is 4.22. The molecule has 0 saturated carbocycles. The predicted octanol–water partition coefficient (Wildman–Crippen LogP) is 10.4. The lowest BCUT2D eigenvalue weighted by Gasteiger charge is -2.31. The Kier molecular flexibility index (Phi) is 20.4. The van der Waals surface area contributed by atoms with Crippen LogP contribution >= 0.6 is 49.1 Å². The lowest BCUT2D eigenvalue weighted by molar-refractivity contribution is -0.887. The first-order valence-corrected chi connectivity index (χ1v) is 19.4. The molecule has 0 atom stereocenters. The minimum Gasteiger partial charge on any atom is -0.374 e. The molecule has 0 unspecified atom stereocenters. The topological polar surface area (TPSA) is 6.25 Å². The van der Waals surface area contributed by atoms with Gasteiger partial charge in [0.1, 0.15) is 7.05 Å². The minimum atomic E-state index is -0.0935. The third-order valence-corrected chi connectivity index (χ3v) is 9.70. The van der Waals surface area contributed by atoms with E-state index in [1.165, 1.54) is 59.2 Å². The lowest BCUT2D eigenvalue weighted by atomic mass is 9.81. The molecule has 3 rings (SSSR count). The highest BCUT2D eigenvalue weighted by molar-refractivity contribution is 9.08. The molecule has 0 aromatic heterocycles. The number of para-hydroxylation sites is 1. The lowest BCUT2D eigenvalue weighted by Crippen LogP contribution is -2.43. The molecule has 0 saturated heterocycles. The smallest absolute Gasteiger partial charge is 0.209 e. The first kappa shape index (κ1) is 40.1. The van der Waals surface area contributed by atoms with E-state index in [1.54, 1.807) is 0 Å². The van der Waals surface area contributed by atoms with E-state index in [4.69, 9.17) is 11.6 Å². The summed E-state index contributed by atoms with van der Waals surface area (Å²) >= 11 is 9.27. The Morgan fingerprint density at radius 3 is 2.24 bits per heavy atom. The van der Waals surface area contributed by atoms with E-state index in [1.807, 2.05) is 61.2 Å². The van der Waals surface area contributed by atoms with Gasteiger partial charge in [-0.15, -0.1) is 0 Å². The van der Waals surface area contributed by atoms with E-state index in [0.717, 1.165) is 16.1 Å².